The zero-order valence-corrected chi connectivity index (χ0v) is 28.9. The summed E-state index contributed by atoms with van der Waals surface area (Å²) in [5.74, 6) is -1.94. The molecule has 0 aromatic heterocycles. The quantitative estimate of drug-likeness (QED) is 0.241. The maximum absolute atomic E-state index is 14.1. The third-order valence-corrected chi connectivity index (χ3v) is 10.5. The highest BCUT2D eigenvalue weighted by atomic mass is 35.5. The van der Waals surface area contributed by atoms with Gasteiger partial charge >= 0.3 is 12.1 Å². The summed E-state index contributed by atoms with van der Waals surface area (Å²) in [7, 11) is 0.328. The van der Waals surface area contributed by atoms with Crippen LogP contribution in [0.4, 0.5) is 9.18 Å². The van der Waals surface area contributed by atoms with Crippen molar-refractivity contribution in [2.75, 3.05) is 0 Å². The molecule has 1 amide bonds. The first-order chi connectivity index (χ1) is 19.0. The number of carbonyl (C=O) groups excluding carboxylic acids is 1. The molecule has 2 radical (unpaired) electrons. The van der Waals surface area contributed by atoms with Gasteiger partial charge in [-0.2, -0.15) is 0 Å². The summed E-state index contributed by atoms with van der Waals surface area (Å²) in [6.07, 6.45) is 2.02. The number of rotatable bonds is 11. The number of alkyl halides is 1. The zero-order chi connectivity index (χ0) is 31.9. The van der Waals surface area contributed by atoms with Crippen molar-refractivity contribution < 1.29 is 28.2 Å². The number of amides is 1. The van der Waals surface area contributed by atoms with E-state index in [0.29, 0.717) is 33.2 Å². The lowest BCUT2D eigenvalue weighted by molar-refractivity contribution is -0.153. The van der Waals surface area contributed by atoms with Gasteiger partial charge in [0.15, 0.2) is 0 Å². The van der Waals surface area contributed by atoms with Gasteiger partial charge in [-0.15, -0.1) is 0 Å². The van der Waals surface area contributed by atoms with Gasteiger partial charge in [-0.3, -0.25) is 4.79 Å². The first-order valence-electron chi connectivity index (χ1n) is 15.2. The first-order valence-corrected chi connectivity index (χ1v) is 16.4. The Labute approximate surface area is 259 Å². The van der Waals surface area contributed by atoms with Crippen molar-refractivity contribution in [1.29, 1.82) is 0 Å². The molecule has 6 nitrogen and oxygen atoms in total. The molecule has 1 aromatic carbocycles. The van der Waals surface area contributed by atoms with E-state index in [0.717, 1.165) is 18.4 Å². The van der Waals surface area contributed by atoms with E-state index in [2.05, 4.69) is 60.7 Å². The highest BCUT2D eigenvalue weighted by Crippen LogP contribution is 2.51. The topological polar surface area (TPSA) is 84.9 Å². The normalized spacial score (nSPS) is 26.8. The highest BCUT2D eigenvalue weighted by Gasteiger charge is 2.54. The molecule has 2 saturated carbocycles. The number of carboxylic acids is 1. The predicted octanol–water partition coefficient (Wildman–Crippen LogP) is 8.51. The Bertz CT molecular complexity index is 1130. The Balaban J connectivity index is 1.88. The van der Waals surface area contributed by atoms with Gasteiger partial charge in [-0.05, 0) is 92.9 Å². The van der Waals surface area contributed by atoms with E-state index in [1.807, 2.05) is 12.1 Å². The third kappa shape index (κ3) is 8.95. The average molecular weight is 624 g/mol. The fourth-order valence-electron chi connectivity index (χ4n) is 6.07. The van der Waals surface area contributed by atoms with Crippen molar-refractivity contribution in [3.8, 4) is 0 Å². The van der Waals surface area contributed by atoms with Crippen LogP contribution in [0.15, 0.2) is 18.2 Å². The van der Waals surface area contributed by atoms with Gasteiger partial charge in [0.1, 0.15) is 11.8 Å². The molecule has 0 heterocycles. The summed E-state index contributed by atoms with van der Waals surface area (Å²) < 4.78 is 25.9. The molecular formula is C33H51ClFNO5Si. The molecule has 2 fully saturated rings. The second-order valence-corrected chi connectivity index (χ2v) is 18.2. The van der Waals surface area contributed by atoms with Crippen LogP contribution >= 0.6 is 11.6 Å². The molecule has 2 aliphatic rings. The van der Waals surface area contributed by atoms with Crippen LogP contribution < -0.4 is 5.32 Å². The minimum Gasteiger partial charge on any atom is -0.481 e. The number of alkyl carbamates (subject to hydrolysis) is 1. The van der Waals surface area contributed by atoms with Gasteiger partial charge in [0.2, 0.25) is 9.76 Å². The van der Waals surface area contributed by atoms with E-state index in [-0.39, 0.29) is 35.1 Å². The van der Waals surface area contributed by atoms with E-state index < -0.39 is 40.9 Å². The first kappa shape index (κ1) is 34.8. The number of hydrogen-bond donors (Lipinski definition) is 2. The molecule has 0 spiro atoms. The molecule has 9 heteroatoms. The monoisotopic (exact) mass is 623 g/mol. The molecule has 2 N–H and O–H groups in total. The summed E-state index contributed by atoms with van der Waals surface area (Å²) in [6.45, 7) is 20.3. The van der Waals surface area contributed by atoms with Gasteiger partial charge in [-0.25, -0.2) is 9.18 Å². The summed E-state index contributed by atoms with van der Waals surface area (Å²) >= 11 is 6.77. The van der Waals surface area contributed by atoms with E-state index >= 15 is 0 Å². The SMILES string of the molecule is CC(C)(C)CCc1ccc(C(C)(NC(=O)OC2CC(C)(F)C2)[C@H](C(=O)O)C2CC(C(C)(C)O[Si]C(C)(C)C)C2)cc1Cl. The summed E-state index contributed by atoms with van der Waals surface area (Å²) in [5, 5.41) is 14.1. The number of carboxylic acid groups (broad SMARTS) is 1. The fourth-order valence-corrected chi connectivity index (χ4v) is 7.08. The second-order valence-electron chi connectivity index (χ2n) is 15.8. The summed E-state index contributed by atoms with van der Waals surface area (Å²) in [4.78, 5) is 26.2. The Morgan fingerprint density at radius 3 is 2.19 bits per heavy atom. The van der Waals surface area contributed by atoms with Gasteiger partial charge in [-0.1, -0.05) is 65.3 Å². The van der Waals surface area contributed by atoms with Crippen molar-refractivity contribution in [3.63, 3.8) is 0 Å². The molecule has 3 rings (SSSR count). The molecular weight excluding hydrogens is 573 g/mol. The van der Waals surface area contributed by atoms with Crippen LogP contribution in [-0.4, -0.2) is 44.3 Å². The Hall–Kier alpha value is -1.64. The number of aliphatic carboxylic acids is 1. The van der Waals surface area contributed by atoms with E-state index in [4.69, 9.17) is 20.8 Å². The van der Waals surface area contributed by atoms with Crippen molar-refractivity contribution in [2.24, 2.45) is 23.2 Å². The van der Waals surface area contributed by atoms with Crippen molar-refractivity contribution >= 4 is 33.4 Å². The zero-order valence-electron chi connectivity index (χ0n) is 27.1. The maximum atomic E-state index is 14.1. The van der Waals surface area contributed by atoms with Gasteiger partial charge < -0.3 is 19.6 Å². The van der Waals surface area contributed by atoms with Crippen molar-refractivity contribution in [2.45, 2.75) is 136 Å². The standard InChI is InChI=1S/C33H51ClFNO5Si/c1-29(2,3)14-13-20-11-12-22(17-25(20)34)33(10,36-28(39)40-24-18-32(9,35)19-24)26(27(37)38)21-15-23(16-21)31(7,8)41-42-30(4,5)6/h11-12,17,21,23-24,26H,13-16,18-19H2,1-10H3,(H,36,39)(H,37,38)/t21?,23?,24?,26-,32?,33?/m0/s1. The van der Waals surface area contributed by atoms with Gasteiger partial charge in [0.05, 0.1) is 17.1 Å². The molecule has 42 heavy (non-hydrogen) atoms. The summed E-state index contributed by atoms with van der Waals surface area (Å²) in [6, 6.07) is 5.59. The number of carbonyl (C=O) groups is 2. The Kier molecular flexibility index (Phi) is 10.3. The number of benzene rings is 1. The summed E-state index contributed by atoms with van der Waals surface area (Å²) in [5.41, 5.74) is -1.34. The minimum absolute atomic E-state index is 0.0468. The smallest absolute Gasteiger partial charge is 0.408 e. The van der Waals surface area contributed by atoms with Crippen LogP contribution in [0.25, 0.3) is 0 Å². The molecule has 0 aliphatic heterocycles. The van der Waals surface area contributed by atoms with Crippen LogP contribution in [0.2, 0.25) is 10.1 Å². The number of halogens is 2. The van der Waals surface area contributed by atoms with Crippen LogP contribution in [0.5, 0.6) is 0 Å². The number of aryl methyl sites for hydroxylation is 1. The van der Waals surface area contributed by atoms with Crippen LogP contribution in [0.1, 0.15) is 112 Å². The average Bonchev–Trinajstić information content (AvgIpc) is 2.76. The fraction of sp³-hybridized carbons (Fsp3) is 0.758. The molecule has 1 aromatic rings. The maximum Gasteiger partial charge on any atom is 0.408 e. The number of ether oxygens (including phenoxy) is 1. The highest BCUT2D eigenvalue weighted by molar-refractivity contribution is 6.32. The lowest BCUT2D eigenvalue weighted by atomic mass is 9.58. The predicted molar refractivity (Wildman–Crippen MR) is 167 cm³/mol. The molecule has 2 atom stereocenters. The largest absolute Gasteiger partial charge is 0.481 e. The molecule has 236 valence electrons. The van der Waals surface area contributed by atoms with E-state index in [1.165, 1.54) is 6.92 Å². The van der Waals surface area contributed by atoms with E-state index in [9.17, 15) is 19.1 Å². The third-order valence-electron chi connectivity index (χ3n) is 8.88. The lowest BCUT2D eigenvalue weighted by Crippen LogP contribution is -2.58. The molecule has 2 aliphatic carbocycles. The molecule has 1 unspecified atom stereocenters. The Morgan fingerprint density at radius 1 is 1.12 bits per heavy atom. The van der Waals surface area contributed by atoms with E-state index in [1.54, 1.807) is 13.0 Å². The number of nitrogens with one attached hydrogen (secondary N) is 1. The van der Waals surface area contributed by atoms with Crippen LogP contribution in [0.3, 0.4) is 0 Å². The number of hydrogen-bond acceptors (Lipinski definition) is 4. The Morgan fingerprint density at radius 2 is 1.71 bits per heavy atom. The lowest BCUT2D eigenvalue weighted by Gasteiger charge is -2.51. The van der Waals surface area contributed by atoms with Gasteiger partial charge in [0, 0.05) is 17.9 Å². The second kappa shape index (κ2) is 12.4. The van der Waals surface area contributed by atoms with Crippen LogP contribution in [0, 0.1) is 23.2 Å². The van der Waals surface area contributed by atoms with Gasteiger partial charge in [0.25, 0.3) is 0 Å². The van der Waals surface area contributed by atoms with Crippen LogP contribution in [-0.2, 0) is 25.9 Å². The van der Waals surface area contributed by atoms with Crippen molar-refractivity contribution in [1.82, 2.24) is 5.32 Å². The van der Waals surface area contributed by atoms with Crippen molar-refractivity contribution in [3.05, 3.63) is 34.3 Å². The molecule has 0 bridgehead atoms. The minimum atomic E-state index is -1.35. The molecule has 0 saturated heterocycles.